The third-order valence-corrected chi connectivity index (χ3v) is 4.37. The maximum atomic E-state index is 13.0. The number of rotatable bonds is 7. The zero-order valence-corrected chi connectivity index (χ0v) is 15.8. The summed E-state index contributed by atoms with van der Waals surface area (Å²) >= 11 is 0. The Morgan fingerprint density at radius 1 is 1.29 bits per heavy atom. The van der Waals surface area contributed by atoms with E-state index in [9.17, 15) is 14.9 Å². The van der Waals surface area contributed by atoms with Crippen LogP contribution < -0.4 is 5.56 Å². The number of aliphatic imine (C=N–C) groups is 1. The van der Waals surface area contributed by atoms with Crippen molar-refractivity contribution >= 4 is 11.4 Å². The number of benzene rings is 1. The van der Waals surface area contributed by atoms with Gasteiger partial charge in [-0.3, -0.25) is 30.0 Å². The average molecular weight is 379 g/mol. The van der Waals surface area contributed by atoms with Crippen molar-refractivity contribution in [2.45, 2.75) is 33.2 Å². The smallest absolute Gasteiger partial charge is 0.280 e. The lowest BCUT2D eigenvalue weighted by Crippen LogP contribution is -2.20. The van der Waals surface area contributed by atoms with E-state index in [1.807, 2.05) is 26.0 Å². The second-order valence-corrected chi connectivity index (χ2v) is 6.39. The molecule has 0 aliphatic carbocycles. The molecule has 0 bridgehead atoms. The van der Waals surface area contributed by atoms with Crippen LogP contribution in [0.25, 0.3) is 5.69 Å². The molecule has 0 aliphatic rings. The number of aromatic amines is 1. The van der Waals surface area contributed by atoms with E-state index >= 15 is 0 Å². The Morgan fingerprint density at radius 2 is 2.04 bits per heavy atom. The molecule has 3 rings (SSSR count). The number of hydrogen-bond acceptors (Lipinski definition) is 5. The van der Waals surface area contributed by atoms with E-state index in [0.29, 0.717) is 29.9 Å². The third-order valence-electron chi connectivity index (χ3n) is 4.37. The molecule has 0 saturated heterocycles. The molecule has 2 heterocycles. The van der Waals surface area contributed by atoms with Gasteiger partial charge in [-0.25, -0.2) is 4.68 Å². The lowest BCUT2D eigenvalue weighted by molar-refractivity contribution is -0.384. The maximum absolute atomic E-state index is 13.0. The molecule has 0 aliphatic heterocycles. The van der Waals surface area contributed by atoms with Gasteiger partial charge in [0.25, 0.3) is 11.2 Å². The standard InChI is InChI=1S/C20H21N5O3/c1-3-5-18-19(14(2)22-13-15-6-4-11-21-12-15)20(26)24(23-18)16-7-9-17(10-8-16)25(27)28/h4,6-12,23H,3,5,13H2,1-2H3. The van der Waals surface area contributed by atoms with Crippen LogP contribution >= 0.6 is 0 Å². The van der Waals surface area contributed by atoms with E-state index in [1.165, 1.54) is 16.8 Å². The van der Waals surface area contributed by atoms with Gasteiger partial charge in [0.15, 0.2) is 0 Å². The van der Waals surface area contributed by atoms with Crippen LogP contribution in [0.1, 0.15) is 37.1 Å². The maximum Gasteiger partial charge on any atom is 0.280 e. The van der Waals surface area contributed by atoms with Crippen LogP contribution in [-0.2, 0) is 13.0 Å². The first-order valence-corrected chi connectivity index (χ1v) is 9.00. The van der Waals surface area contributed by atoms with Crippen molar-refractivity contribution in [3.8, 4) is 5.69 Å². The van der Waals surface area contributed by atoms with Crippen LogP contribution in [0, 0.1) is 10.1 Å². The Morgan fingerprint density at radius 3 is 2.64 bits per heavy atom. The zero-order chi connectivity index (χ0) is 20.1. The average Bonchev–Trinajstić information content (AvgIpc) is 3.03. The van der Waals surface area contributed by atoms with Crippen molar-refractivity contribution in [1.82, 2.24) is 14.8 Å². The molecule has 0 fully saturated rings. The zero-order valence-electron chi connectivity index (χ0n) is 15.8. The first-order chi connectivity index (χ1) is 13.5. The largest absolute Gasteiger partial charge is 0.294 e. The molecule has 28 heavy (non-hydrogen) atoms. The number of nitro groups is 1. The summed E-state index contributed by atoms with van der Waals surface area (Å²) in [5.74, 6) is 0. The van der Waals surface area contributed by atoms with Crippen molar-refractivity contribution in [2.75, 3.05) is 0 Å². The van der Waals surface area contributed by atoms with Gasteiger partial charge in [-0.05, 0) is 37.1 Å². The molecule has 144 valence electrons. The van der Waals surface area contributed by atoms with Crippen molar-refractivity contribution in [3.63, 3.8) is 0 Å². The highest BCUT2D eigenvalue weighted by Crippen LogP contribution is 2.16. The number of H-pyrrole nitrogens is 1. The summed E-state index contributed by atoms with van der Waals surface area (Å²) in [5, 5.41) is 14.0. The van der Waals surface area contributed by atoms with Gasteiger partial charge >= 0.3 is 0 Å². The molecule has 1 aromatic carbocycles. The van der Waals surface area contributed by atoms with Gasteiger partial charge in [-0.1, -0.05) is 19.4 Å². The number of nitrogens with zero attached hydrogens (tertiary/aromatic N) is 4. The van der Waals surface area contributed by atoms with Crippen molar-refractivity contribution in [3.05, 3.63) is 86.1 Å². The van der Waals surface area contributed by atoms with E-state index in [0.717, 1.165) is 17.7 Å². The van der Waals surface area contributed by atoms with E-state index in [-0.39, 0.29) is 11.2 Å². The number of nitrogens with one attached hydrogen (secondary N) is 1. The molecule has 8 heteroatoms. The summed E-state index contributed by atoms with van der Waals surface area (Å²) in [5.41, 5.74) is 3.26. The van der Waals surface area contributed by atoms with Crippen molar-refractivity contribution in [2.24, 2.45) is 4.99 Å². The predicted octanol–water partition coefficient (Wildman–Crippen LogP) is 3.43. The molecular formula is C20H21N5O3. The molecule has 0 saturated carbocycles. The van der Waals surface area contributed by atoms with Gasteiger partial charge in [0, 0.05) is 35.9 Å². The van der Waals surface area contributed by atoms with Crippen LogP contribution in [0.4, 0.5) is 5.69 Å². The lowest BCUT2D eigenvalue weighted by atomic mass is 10.1. The minimum absolute atomic E-state index is 0.0217. The minimum Gasteiger partial charge on any atom is -0.294 e. The number of nitro benzene ring substituents is 1. The molecule has 0 radical (unpaired) electrons. The Kier molecular flexibility index (Phi) is 5.78. The van der Waals surface area contributed by atoms with Gasteiger partial charge in [-0.15, -0.1) is 0 Å². The van der Waals surface area contributed by atoms with E-state index in [4.69, 9.17) is 0 Å². The number of aromatic nitrogens is 3. The Labute approximate surface area is 161 Å². The summed E-state index contributed by atoms with van der Waals surface area (Å²) < 4.78 is 1.41. The number of pyridine rings is 1. The normalized spacial score (nSPS) is 11.6. The van der Waals surface area contributed by atoms with E-state index < -0.39 is 4.92 Å². The van der Waals surface area contributed by atoms with Crippen LogP contribution in [0.15, 0.2) is 58.6 Å². The predicted molar refractivity (Wildman–Crippen MR) is 107 cm³/mol. The highest BCUT2D eigenvalue weighted by atomic mass is 16.6. The summed E-state index contributed by atoms with van der Waals surface area (Å²) in [6, 6.07) is 9.65. The van der Waals surface area contributed by atoms with Crippen molar-refractivity contribution in [1.29, 1.82) is 0 Å². The summed E-state index contributed by atoms with van der Waals surface area (Å²) in [6.45, 7) is 4.29. The Bertz CT molecular complexity index is 1050. The van der Waals surface area contributed by atoms with Gasteiger partial charge in [0.05, 0.1) is 22.7 Å². The van der Waals surface area contributed by atoms with Gasteiger partial charge in [0.2, 0.25) is 0 Å². The van der Waals surface area contributed by atoms with Crippen LogP contribution in [0.2, 0.25) is 0 Å². The van der Waals surface area contributed by atoms with Crippen LogP contribution in [0.5, 0.6) is 0 Å². The Balaban J connectivity index is 1.98. The highest BCUT2D eigenvalue weighted by Gasteiger charge is 2.17. The van der Waals surface area contributed by atoms with Crippen LogP contribution in [0.3, 0.4) is 0 Å². The van der Waals surface area contributed by atoms with Crippen molar-refractivity contribution < 1.29 is 4.92 Å². The topological polar surface area (TPSA) is 106 Å². The fourth-order valence-corrected chi connectivity index (χ4v) is 2.97. The van der Waals surface area contributed by atoms with E-state index in [2.05, 4.69) is 15.1 Å². The minimum atomic E-state index is -0.468. The molecule has 0 unspecified atom stereocenters. The highest BCUT2D eigenvalue weighted by molar-refractivity contribution is 5.99. The quantitative estimate of drug-likeness (QED) is 0.385. The molecule has 1 N–H and O–H groups in total. The molecule has 0 amide bonds. The molecule has 3 aromatic rings. The fraction of sp³-hybridized carbons (Fsp3) is 0.250. The fourth-order valence-electron chi connectivity index (χ4n) is 2.97. The number of hydrogen-bond donors (Lipinski definition) is 1. The summed E-state index contributed by atoms with van der Waals surface area (Å²) in [7, 11) is 0. The first-order valence-electron chi connectivity index (χ1n) is 9.00. The number of non-ortho nitro benzene ring substituents is 1. The summed E-state index contributed by atoms with van der Waals surface area (Å²) in [4.78, 5) is 32.1. The lowest BCUT2D eigenvalue weighted by Gasteiger charge is -2.01. The van der Waals surface area contributed by atoms with E-state index in [1.54, 1.807) is 24.5 Å². The SMILES string of the molecule is CCCc1[nH]n(-c2ccc([N+](=O)[O-])cc2)c(=O)c1C(C)=NCc1cccnc1. The Hall–Kier alpha value is -3.55. The molecule has 8 nitrogen and oxygen atoms in total. The number of aryl methyl sites for hydroxylation is 1. The second-order valence-electron chi connectivity index (χ2n) is 6.39. The van der Waals surface area contributed by atoms with Gasteiger partial charge in [-0.2, -0.15) is 0 Å². The monoisotopic (exact) mass is 379 g/mol. The molecule has 0 atom stereocenters. The summed E-state index contributed by atoms with van der Waals surface area (Å²) in [6.07, 6.45) is 5.01. The molecular weight excluding hydrogens is 358 g/mol. The molecule has 0 spiro atoms. The third kappa shape index (κ3) is 4.06. The van der Waals surface area contributed by atoms with Gasteiger partial charge in [0.1, 0.15) is 0 Å². The second kappa shape index (κ2) is 8.43. The first kappa shape index (κ1) is 19.2. The van der Waals surface area contributed by atoms with Crippen LogP contribution in [-0.4, -0.2) is 25.4 Å². The molecule has 2 aromatic heterocycles. The van der Waals surface area contributed by atoms with Gasteiger partial charge < -0.3 is 0 Å².